The van der Waals surface area contributed by atoms with Crippen LogP contribution >= 0.6 is 34.8 Å². The van der Waals surface area contributed by atoms with Crippen LogP contribution in [0.3, 0.4) is 0 Å². The minimum atomic E-state index is -0.448. The van der Waals surface area contributed by atoms with Gasteiger partial charge in [-0.15, -0.1) is 0 Å². The maximum atomic E-state index is 12.6. The lowest BCUT2D eigenvalue weighted by Gasteiger charge is -2.35. The minimum absolute atomic E-state index is 0.0446. The summed E-state index contributed by atoms with van der Waals surface area (Å²) in [6.07, 6.45) is 3.06. The van der Waals surface area contributed by atoms with Crippen LogP contribution in [0.25, 0.3) is 17.4 Å². The van der Waals surface area contributed by atoms with E-state index in [0.29, 0.717) is 58.5 Å². The second-order valence-electron chi connectivity index (χ2n) is 7.40. The van der Waals surface area contributed by atoms with Crippen LogP contribution in [0.15, 0.2) is 59.0 Å². The number of carbonyl (C=O) groups is 1. The monoisotopic (exact) mass is 505 g/mol. The summed E-state index contributed by atoms with van der Waals surface area (Å²) in [6, 6.07) is 13.3. The molecular formula is C23H18Cl3N3O4. The number of nitro benzene ring substituents is 1. The molecule has 1 saturated heterocycles. The molecule has 1 amide bonds. The molecule has 0 saturated carbocycles. The highest BCUT2D eigenvalue weighted by molar-refractivity contribution is 6.35. The fraction of sp³-hybridized carbons (Fsp3) is 0.174. The van der Waals surface area contributed by atoms with E-state index in [4.69, 9.17) is 39.2 Å². The third kappa shape index (κ3) is 5.50. The van der Waals surface area contributed by atoms with Crippen LogP contribution in [-0.2, 0) is 4.79 Å². The molecule has 0 unspecified atom stereocenters. The number of nitrogens with zero attached hydrogens (tertiary/aromatic N) is 3. The average molecular weight is 507 g/mol. The Morgan fingerprint density at radius 1 is 0.939 bits per heavy atom. The zero-order valence-corrected chi connectivity index (χ0v) is 19.5. The summed E-state index contributed by atoms with van der Waals surface area (Å²) in [5, 5.41) is 12.7. The van der Waals surface area contributed by atoms with Crippen molar-refractivity contribution in [2.24, 2.45) is 0 Å². The number of halogens is 3. The molecule has 3 aromatic rings. The molecule has 0 spiro atoms. The zero-order chi connectivity index (χ0) is 23.5. The Kier molecular flexibility index (Phi) is 6.93. The van der Waals surface area contributed by atoms with Gasteiger partial charge in [0.15, 0.2) is 0 Å². The Bertz CT molecular complexity index is 1210. The number of benzene rings is 2. The highest BCUT2D eigenvalue weighted by Crippen LogP contribution is 2.32. The van der Waals surface area contributed by atoms with Crippen LogP contribution in [0, 0.1) is 10.1 Å². The Morgan fingerprint density at radius 2 is 1.64 bits per heavy atom. The Hall–Kier alpha value is -3.00. The summed E-state index contributed by atoms with van der Waals surface area (Å²) in [6.45, 7) is 1.83. The molecule has 0 radical (unpaired) electrons. The van der Waals surface area contributed by atoms with Crippen LogP contribution < -0.4 is 4.90 Å². The molecule has 0 N–H and O–H groups in total. The van der Waals surface area contributed by atoms with Crippen LogP contribution in [0.2, 0.25) is 15.1 Å². The Balaban J connectivity index is 1.38. The van der Waals surface area contributed by atoms with E-state index in [1.54, 1.807) is 53.4 Å². The van der Waals surface area contributed by atoms with Crippen molar-refractivity contribution in [1.82, 2.24) is 4.90 Å². The molecule has 0 atom stereocenters. The zero-order valence-electron chi connectivity index (χ0n) is 17.2. The maximum Gasteiger partial charge on any atom is 0.294 e. The Morgan fingerprint density at radius 3 is 2.30 bits per heavy atom. The topological polar surface area (TPSA) is 79.8 Å². The standard InChI is InChI=1S/C23H18Cl3N3O4/c24-16-1-4-20(21(14-16)29(31)32)27-7-9-28(10-8-27)23(30)6-3-19-2-5-22(33-19)15-11-17(25)13-18(26)12-15/h1-6,11-14H,7-10H2/b6-3+. The molecule has 1 aliphatic heterocycles. The SMILES string of the molecule is O=C(/C=C/c1ccc(-c2cc(Cl)cc(Cl)c2)o1)N1CCN(c2ccc(Cl)cc2[N+](=O)[O-])CC1. The van der Waals surface area contributed by atoms with E-state index in [1.165, 1.54) is 12.1 Å². The predicted octanol–water partition coefficient (Wildman–Crippen LogP) is 6.18. The van der Waals surface area contributed by atoms with Gasteiger partial charge in [0.1, 0.15) is 17.2 Å². The lowest BCUT2D eigenvalue weighted by atomic mass is 10.2. The van der Waals surface area contributed by atoms with Crippen LogP contribution in [0.4, 0.5) is 11.4 Å². The molecule has 4 rings (SSSR count). The highest BCUT2D eigenvalue weighted by Gasteiger charge is 2.25. The molecular weight excluding hydrogens is 489 g/mol. The van der Waals surface area contributed by atoms with Gasteiger partial charge in [-0.2, -0.15) is 0 Å². The third-order valence-corrected chi connectivity index (χ3v) is 5.90. The quantitative estimate of drug-likeness (QED) is 0.235. The second kappa shape index (κ2) is 9.87. The second-order valence-corrected chi connectivity index (χ2v) is 8.71. The van der Waals surface area contributed by atoms with Crippen molar-refractivity contribution < 1.29 is 14.1 Å². The Labute approximate surface area is 204 Å². The molecule has 2 aromatic carbocycles. The van der Waals surface area contributed by atoms with E-state index in [1.807, 2.05) is 4.90 Å². The predicted molar refractivity (Wildman–Crippen MR) is 130 cm³/mol. The van der Waals surface area contributed by atoms with E-state index < -0.39 is 4.92 Å². The summed E-state index contributed by atoms with van der Waals surface area (Å²) in [5.41, 5.74) is 1.19. The first-order chi connectivity index (χ1) is 15.8. The fourth-order valence-corrected chi connectivity index (χ4v) is 4.32. The summed E-state index contributed by atoms with van der Waals surface area (Å²) >= 11 is 18.0. The summed E-state index contributed by atoms with van der Waals surface area (Å²) < 4.78 is 5.78. The molecule has 1 fully saturated rings. The number of rotatable bonds is 5. The van der Waals surface area contributed by atoms with Gasteiger partial charge in [-0.1, -0.05) is 34.8 Å². The summed E-state index contributed by atoms with van der Waals surface area (Å²) in [5.74, 6) is 0.943. The largest absolute Gasteiger partial charge is 0.457 e. The van der Waals surface area contributed by atoms with Crippen LogP contribution in [-0.4, -0.2) is 41.9 Å². The van der Waals surface area contributed by atoms with Crippen molar-refractivity contribution in [2.75, 3.05) is 31.1 Å². The van der Waals surface area contributed by atoms with Crippen molar-refractivity contribution in [3.05, 3.63) is 85.5 Å². The van der Waals surface area contributed by atoms with Gasteiger partial charge in [0.05, 0.1) is 4.92 Å². The van der Waals surface area contributed by atoms with Crippen molar-refractivity contribution in [3.63, 3.8) is 0 Å². The number of hydrogen-bond acceptors (Lipinski definition) is 5. The molecule has 0 aliphatic carbocycles. The first-order valence-corrected chi connectivity index (χ1v) is 11.2. The van der Waals surface area contributed by atoms with Crippen LogP contribution in [0.1, 0.15) is 5.76 Å². The fourth-order valence-electron chi connectivity index (χ4n) is 3.63. The maximum absolute atomic E-state index is 12.6. The van der Waals surface area contributed by atoms with Gasteiger partial charge >= 0.3 is 0 Å². The first-order valence-electron chi connectivity index (χ1n) is 10.0. The van der Waals surface area contributed by atoms with Gasteiger partial charge < -0.3 is 14.2 Å². The molecule has 7 nitrogen and oxygen atoms in total. The number of anilines is 1. The van der Waals surface area contributed by atoms with Gasteiger partial charge in [0.2, 0.25) is 5.91 Å². The minimum Gasteiger partial charge on any atom is -0.457 e. The smallest absolute Gasteiger partial charge is 0.294 e. The van der Waals surface area contributed by atoms with Crippen molar-refractivity contribution >= 4 is 58.2 Å². The molecule has 0 bridgehead atoms. The molecule has 10 heteroatoms. The summed E-state index contributed by atoms with van der Waals surface area (Å²) in [4.78, 5) is 27.1. The van der Waals surface area contributed by atoms with Crippen molar-refractivity contribution in [3.8, 4) is 11.3 Å². The van der Waals surface area contributed by atoms with Gasteiger partial charge in [-0.25, -0.2) is 0 Å². The van der Waals surface area contributed by atoms with E-state index in [9.17, 15) is 14.9 Å². The number of furan rings is 1. The number of amides is 1. The number of carbonyl (C=O) groups excluding carboxylic acids is 1. The molecule has 33 heavy (non-hydrogen) atoms. The molecule has 170 valence electrons. The van der Waals surface area contributed by atoms with E-state index in [2.05, 4.69) is 0 Å². The lowest BCUT2D eigenvalue weighted by molar-refractivity contribution is -0.384. The number of piperazine rings is 1. The number of hydrogen-bond donors (Lipinski definition) is 0. The van der Waals surface area contributed by atoms with E-state index in [0.717, 1.165) is 5.56 Å². The third-order valence-electron chi connectivity index (χ3n) is 5.23. The van der Waals surface area contributed by atoms with E-state index in [-0.39, 0.29) is 11.6 Å². The lowest BCUT2D eigenvalue weighted by Crippen LogP contribution is -2.48. The van der Waals surface area contributed by atoms with Crippen LogP contribution in [0.5, 0.6) is 0 Å². The van der Waals surface area contributed by atoms with Crippen molar-refractivity contribution in [1.29, 1.82) is 0 Å². The first kappa shape index (κ1) is 23.2. The average Bonchev–Trinajstić information content (AvgIpc) is 3.26. The van der Waals surface area contributed by atoms with Gasteiger partial charge in [0, 0.05) is 59.0 Å². The molecule has 1 aromatic heterocycles. The molecule has 1 aliphatic rings. The van der Waals surface area contributed by atoms with Gasteiger partial charge in [0.25, 0.3) is 5.69 Å². The van der Waals surface area contributed by atoms with Gasteiger partial charge in [-0.3, -0.25) is 14.9 Å². The number of nitro groups is 1. The highest BCUT2D eigenvalue weighted by atomic mass is 35.5. The summed E-state index contributed by atoms with van der Waals surface area (Å²) in [7, 11) is 0. The molecule has 2 heterocycles. The van der Waals surface area contributed by atoms with Crippen molar-refractivity contribution in [2.45, 2.75) is 0 Å². The normalized spacial score (nSPS) is 14.2. The van der Waals surface area contributed by atoms with Gasteiger partial charge in [-0.05, 0) is 48.5 Å². The van der Waals surface area contributed by atoms with E-state index >= 15 is 0 Å².